The SMILES string of the molecule is CC[C@@H](c1ccccc1)N(O)[C@H](COCc1ccccc1)C(C)C. The van der Waals surface area contributed by atoms with E-state index in [0.29, 0.717) is 19.1 Å². The van der Waals surface area contributed by atoms with Crippen molar-refractivity contribution >= 4 is 0 Å². The molecule has 0 aliphatic carbocycles. The van der Waals surface area contributed by atoms with Crippen LogP contribution in [0.4, 0.5) is 0 Å². The van der Waals surface area contributed by atoms with Crippen molar-refractivity contribution < 1.29 is 9.94 Å². The molecule has 1 N–H and O–H groups in total. The van der Waals surface area contributed by atoms with Crippen LogP contribution in [-0.4, -0.2) is 22.9 Å². The highest BCUT2D eigenvalue weighted by Crippen LogP contribution is 2.27. The van der Waals surface area contributed by atoms with Gasteiger partial charge >= 0.3 is 0 Å². The summed E-state index contributed by atoms with van der Waals surface area (Å²) < 4.78 is 5.89. The first kappa shape index (κ1) is 18.7. The second-order valence-corrected chi connectivity index (χ2v) is 6.53. The predicted molar refractivity (Wildman–Crippen MR) is 97.8 cm³/mol. The van der Waals surface area contributed by atoms with Gasteiger partial charge in [0, 0.05) is 0 Å². The molecule has 2 aromatic rings. The van der Waals surface area contributed by atoms with E-state index in [1.54, 1.807) is 0 Å². The van der Waals surface area contributed by atoms with Crippen molar-refractivity contribution in [3.63, 3.8) is 0 Å². The van der Waals surface area contributed by atoms with Gasteiger partial charge in [0.1, 0.15) is 0 Å². The van der Waals surface area contributed by atoms with Crippen LogP contribution < -0.4 is 0 Å². The molecule has 0 saturated heterocycles. The average molecular weight is 327 g/mol. The predicted octanol–water partition coefficient (Wildman–Crippen LogP) is 5.07. The number of hydrogen-bond acceptors (Lipinski definition) is 3. The first-order valence-electron chi connectivity index (χ1n) is 8.77. The standard InChI is InChI=1S/C21H29NO2/c1-4-20(19-13-9-6-10-14-19)22(23)21(17(2)3)16-24-15-18-11-7-5-8-12-18/h5-14,17,20-21,23H,4,15-16H2,1-3H3/t20-,21+/m0/s1. The van der Waals surface area contributed by atoms with E-state index in [-0.39, 0.29) is 12.1 Å². The summed E-state index contributed by atoms with van der Waals surface area (Å²) in [6, 6.07) is 20.3. The molecule has 0 radical (unpaired) electrons. The highest BCUT2D eigenvalue weighted by molar-refractivity contribution is 5.18. The van der Waals surface area contributed by atoms with E-state index in [1.807, 2.05) is 36.4 Å². The van der Waals surface area contributed by atoms with E-state index in [9.17, 15) is 5.21 Å². The van der Waals surface area contributed by atoms with Gasteiger partial charge in [0.2, 0.25) is 0 Å². The minimum Gasteiger partial charge on any atom is -0.375 e. The van der Waals surface area contributed by atoms with E-state index in [0.717, 1.165) is 17.5 Å². The minimum absolute atomic E-state index is 0.0149. The maximum atomic E-state index is 10.8. The first-order valence-corrected chi connectivity index (χ1v) is 8.77. The summed E-state index contributed by atoms with van der Waals surface area (Å²) in [5, 5.41) is 12.3. The maximum absolute atomic E-state index is 10.8. The molecule has 0 aromatic heterocycles. The van der Waals surface area contributed by atoms with Crippen LogP contribution in [0.1, 0.15) is 44.4 Å². The Bertz CT molecular complexity index is 571. The highest BCUT2D eigenvalue weighted by Gasteiger charge is 2.27. The third-order valence-corrected chi connectivity index (χ3v) is 4.40. The second kappa shape index (κ2) is 9.58. The van der Waals surface area contributed by atoms with E-state index in [1.165, 1.54) is 5.06 Å². The summed E-state index contributed by atoms with van der Waals surface area (Å²) >= 11 is 0. The molecule has 3 heteroatoms. The number of hydroxylamine groups is 2. The number of ether oxygens (including phenoxy) is 1. The molecular formula is C21H29NO2. The normalized spacial score (nSPS) is 14.1. The van der Waals surface area contributed by atoms with E-state index in [4.69, 9.17) is 4.74 Å². The number of rotatable bonds is 9. The van der Waals surface area contributed by atoms with Crippen LogP contribution in [0.3, 0.4) is 0 Å². The Morgan fingerprint density at radius 1 is 0.958 bits per heavy atom. The Hall–Kier alpha value is -1.68. The summed E-state index contributed by atoms with van der Waals surface area (Å²) in [6.07, 6.45) is 0.850. The fourth-order valence-corrected chi connectivity index (χ4v) is 2.93. The summed E-state index contributed by atoms with van der Waals surface area (Å²) in [5.74, 6) is 0.295. The van der Waals surface area contributed by atoms with Crippen molar-refractivity contribution in [2.24, 2.45) is 5.92 Å². The Morgan fingerprint density at radius 3 is 2.08 bits per heavy atom. The van der Waals surface area contributed by atoms with Crippen LogP contribution in [0.15, 0.2) is 60.7 Å². The van der Waals surface area contributed by atoms with Gasteiger partial charge in [-0.25, -0.2) is 0 Å². The largest absolute Gasteiger partial charge is 0.375 e. The van der Waals surface area contributed by atoms with E-state index >= 15 is 0 Å². The molecule has 0 amide bonds. The van der Waals surface area contributed by atoms with Crippen LogP contribution in [0.25, 0.3) is 0 Å². The van der Waals surface area contributed by atoms with Gasteiger partial charge < -0.3 is 9.94 Å². The molecular weight excluding hydrogens is 298 g/mol. The van der Waals surface area contributed by atoms with Crippen LogP contribution in [0.5, 0.6) is 0 Å². The zero-order chi connectivity index (χ0) is 17.4. The molecule has 130 valence electrons. The van der Waals surface area contributed by atoms with Gasteiger partial charge in [0.25, 0.3) is 0 Å². The van der Waals surface area contributed by atoms with Gasteiger partial charge in [-0.2, -0.15) is 5.06 Å². The maximum Gasteiger partial charge on any atom is 0.0717 e. The number of hydrogen-bond donors (Lipinski definition) is 1. The van der Waals surface area contributed by atoms with Crippen LogP contribution >= 0.6 is 0 Å². The van der Waals surface area contributed by atoms with E-state index in [2.05, 4.69) is 45.0 Å². The molecule has 24 heavy (non-hydrogen) atoms. The zero-order valence-electron chi connectivity index (χ0n) is 14.9. The Balaban J connectivity index is 2.00. The number of benzene rings is 2. The summed E-state index contributed by atoms with van der Waals surface area (Å²) in [4.78, 5) is 0. The summed E-state index contributed by atoms with van der Waals surface area (Å²) in [6.45, 7) is 7.42. The van der Waals surface area contributed by atoms with Crippen LogP contribution in [0.2, 0.25) is 0 Å². The molecule has 0 fully saturated rings. The van der Waals surface area contributed by atoms with Crippen molar-refractivity contribution in [3.05, 3.63) is 71.8 Å². The Labute approximate surface area is 145 Å². The fourth-order valence-electron chi connectivity index (χ4n) is 2.93. The van der Waals surface area contributed by atoms with Crippen LogP contribution in [0, 0.1) is 5.92 Å². The molecule has 3 nitrogen and oxygen atoms in total. The van der Waals surface area contributed by atoms with Gasteiger partial charge in [-0.05, 0) is 23.5 Å². The van der Waals surface area contributed by atoms with Crippen molar-refractivity contribution in [2.75, 3.05) is 6.61 Å². The molecule has 0 unspecified atom stereocenters. The van der Waals surface area contributed by atoms with Crippen molar-refractivity contribution in [1.29, 1.82) is 0 Å². The average Bonchev–Trinajstić information content (AvgIpc) is 2.61. The lowest BCUT2D eigenvalue weighted by Gasteiger charge is -2.35. The molecule has 2 atom stereocenters. The number of nitrogens with zero attached hydrogens (tertiary/aromatic N) is 1. The molecule has 0 heterocycles. The third-order valence-electron chi connectivity index (χ3n) is 4.40. The fraction of sp³-hybridized carbons (Fsp3) is 0.429. The molecule has 0 bridgehead atoms. The lowest BCUT2D eigenvalue weighted by molar-refractivity contribution is -0.188. The minimum atomic E-state index is -0.0427. The topological polar surface area (TPSA) is 32.7 Å². The van der Waals surface area contributed by atoms with Gasteiger partial charge in [-0.1, -0.05) is 81.4 Å². The first-order chi connectivity index (χ1) is 11.6. The molecule has 0 saturated carbocycles. The van der Waals surface area contributed by atoms with Gasteiger partial charge in [0.05, 0.1) is 25.3 Å². The lowest BCUT2D eigenvalue weighted by atomic mass is 9.98. The van der Waals surface area contributed by atoms with Crippen molar-refractivity contribution in [3.8, 4) is 0 Å². The van der Waals surface area contributed by atoms with Gasteiger partial charge in [-0.3, -0.25) is 0 Å². The molecule has 2 aromatic carbocycles. The van der Waals surface area contributed by atoms with Gasteiger partial charge in [-0.15, -0.1) is 0 Å². The van der Waals surface area contributed by atoms with E-state index < -0.39 is 0 Å². The highest BCUT2D eigenvalue weighted by atomic mass is 16.5. The molecule has 2 rings (SSSR count). The second-order valence-electron chi connectivity index (χ2n) is 6.53. The Kier molecular flexibility index (Phi) is 7.44. The van der Waals surface area contributed by atoms with Crippen molar-refractivity contribution in [1.82, 2.24) is 5.06 Å². The molecule has 0 aliphatic rings. The van der Waals surface area contributed by atoms with Crippen molar-refractivity contribution in [2.45, 2.75) is 45.9 Å². The third kappa shape index (κ3) is 5.17. The zero-order valence-corrected chi connectivity index (χ0v) is 14.9. The Morgan fingerprint density at radius 2 is 1.54 bits per heavy atom. The molecule has 0 aliphatic heterocycles. The monoisotopic (exact) mass is 327 g/mol. The lowest BCUT2D eigenvalue weighted by Crippen LogP contribution is -2.42. The van der Waals surface area contributed by atoms with Gasteiger partial charge in [0.15, 0.2) is 0 Å². The van der Waals surface area contributed by atoms with Crippen LogP contribution in [-0.2, 0) is 11.3 Å². The summed E-state index contributed by atoms with van der Waals surface area (Å²) in [5.41, 5.74) is 2.29. The quantitative estimate of drug-likeness (QED) is 0.653. The smallest absolute Gasteiger partial charge is 0.0717 e. The molecule has 0 spiro atoms. The summed E-state index contributed by atoms with van der Waals surface area (Å²) in [7, 11) is 0.